The van der Waals surface area contributed by atoms with Gasteiger partial charge in [0.25, 0.3) is 0 Å². The fourth-order valence-electron chi connectivity index (χ4n) is 1.62. The highest BCUT2D eigenvalue weighted by molar-refractivity contribution is 7.87. The van der Waals surface area contributed by atoms with E-state index in [1.165, 1.54) is 18.2 Å². The Morgan fingerprint density at radius 2 is 1.95 bits per heavy atom. The average Bonchev–Trinajstić information content (AvgIpc) is 2.48. The van der Waals surface area contributed by atoms with Crippen molar-refractivity contribution in [1.82, 2.24) is 0 Å². The van der Waals surface area contributed by atoms with Crippen LogP contribution in [0.5, 0.6) is 5.75 Å². The molecule has 0 radical (unpaired) electrons. The second-order valence-electron chi connectivity index (χ2n) is 4.09. The summed E-state index contributed by atoms with van der Waals surface area (Å²) < 4.78 is 42.7. The highest BCUT2D eigenvalue weighted by Gasteiger charge is 2.23. The molecule has 0 saturated carbocycles. The second kappa shape index (κ2) is 6.13. The first-order valence-electron chi connectivity index (χ1n) is 5.76. The molecule has 22 heavy (non-hydrogen) atoms. The van der Waals surface area contributed by atoms with Gasteiger partial charge < -0.3 is 4.18 Å². The smallest absolute Gasteiger partial charge is 0.342 e. The summed E-state index contributed by atoms with van der Waals surface area (Å²) in [6.45, 7) is 0. The first kappa shape index (κ1) is 15.9. The number of rotatable bonds is 4. The van der Waals surface area contributed by atoms with Crippen LogP contribution >= 0.6 is 11.6 Å². The van der Waals surface area contributed by atoms with E-state index in [1.54, 1.807) is 6.07 Å². The van der Waals surface area contributed by atoms with Crippen molar-refractivity contribution in [2.24, 2.45) is 0 Å². The van der Waals surface area contributed by atoms with Crippen LogP contribution in [0.15, 0.2) is 41.3 Å². The SMILES string of the molecule is N#Cc1ccc(S(=O)(=O)Oc2ccc(Cl)cc2C=O)c(F)c1. The molecule has 8 heteroatoms. The Morgan fingerprint density at radius 3 is 2.55 bits per heavy atom. The number of halogens is 2. The van der Waals surface area contributed by atoms with Crippen LogP contribution in [0.3, 0.4) is 0 Å². The molecule has 0 aliphatic heterocycles. The summed E-state index contributed by atoms with van der Waals surface area (Å²) >= 11 is 5.69. The highest BCUT2D eigenvalue weighted by Crippen LogP contribution is 2.26. The zero-order chi connectivity index (χ0) is 16.3. The Labute approximate surface area is 130 Å². The Hall–Kier alpha value is -2.43. The molecule has 0 amide bonds. The van der Waals surface area contributed by atoms with E-state index in [1.807, 2.05) is 0 Å². The van der Waals surface area contributed by atoms with Crippen LogP contribution in [-0.4, -0.2) is 14.7 Å². The van der Waals surface area contributed by atoms with E-state index >= 15 is 0 Å². The minimum absolute atomic E-state index is 0.0310. The molecule has 0 aromatic heterocycles. The number of hydrogen-bond acceptors (Lipinski definition) is 5. The third-order valence-corrected chi connectivity index (χ3v) is 4.13. The van der Waals surface area contributed by atoms with Crippen molar-refractivity contribution in [2.45, 2.75) is 4.90 Å². The predicted octanol–water partition coefficient (Wildman–Crippen LogP) is 2.93. The lowest BCUT2D eigenvalue weighted by atomic mass is 10.2. The molecule has 0 saturated heterocycles. The lowest BCUT2D eigenvalue weighted by Crippen LogP contribution is -2.13. The van der Waals surface area contributed by atoms with Crippen LogP contribution in [0.25, 0.3) is 0 Å². The standard InChI is InChI=1S/C14H7ClFNO4S/c15-11-2-3-13(10(6-11)8-18)21-22(19,20)14-4-1-9(7-17)5-12(14)16/h1-6,8H. The summed E-state index contributed by atoms with van der Waals surface area (Å²) in [7, 11) is -4.50. The molecule has 0 aliphatic rings. The van der Waals surface area contributed by atoms with Crippen LogP contribution in [0, 0.1) is 17.1 Å². The molecule has 0 spiro atoms. The first-order valence-corrected chi connectivity index (χ1v) is 7.55. The lowest BCUT2D eigenvalue weighted by molar-refractivity contribution is 0.112. The molecule has 0 atom stereocenters. The van der Waals surface area contributed by atoms with Crippen molar-refractivity contribution in [2.75, 3.05) is 0 Å². The van der Waals surface area contributed by atoms with Gasteiger partial charge in [0, 0.05) is 5.02 Å². The Bertz CT molecular complexity index is 890. The molecule has 2 aromatic rings. The van der Waals surface area contributed by atoms with Gasteiger partial charge in [-0.3, -0.25) is 4.79 Å². The van der Waals surface area contributed by atoms with Gasteiger partial charge in [0.05, 0.1) is 17.2 Å². The summed E-state index contributed by atoms with van der Waals surface area (Å²) in [6, 6.07) is 8.25. The van der Waals surface area contributed by atoms with Crippen molar-refractivity contribution in [3.63, 3.8) is 0 Å². The maximum atomic E-state index is 13.8. The van der Waals surface area contributed by atoms with E-state index in [0.717, 1.165) is 18.2 Å². The van der Waals surface area contributed by atoms with Gasteiger partial charge in [0.15, 0.2) is 12.0 Å². The third-order valence-electron chi connectivity index (χ3n) is 2.63. The van der Waals surface area contributed by atoms with Crippen molar-refractivity contribution in [1.29, 1.82) is 5.26 Å². The van der Waals surface area contributed by atoms with E-state index in [2.05, 4.69) is 0 Å². The molecule has 0 aliphatic carbocycles. The van der Waals surface area contributed by atoms with Crippen LogP contribution in [-0.2, 0) is 10.1 Å². The molecule has 0 unspecified atom stereocenters. The minimum atomic E-state index is -4.50. The zero-order valence-corrected chi connectivity index (χ0v) is 12.4. The summed E-state index contributed by atoms with van der Waals surface area (Å²) in [5.74, 6) is -1.40. The fourth-order valence-corrected chi connectivity index (χ4v) is 2.81. The van der Waals surface area contributed by atoms with E-state index in [9.17, 15) is 17.6 Å². The molecule has 0 heterocycles. The predicted molar refractivity (Wildman–Crippen MR) is 75.8 cm³/mol. The topological polar surface area (TPSA) is 84.2 Å². The quantitative estimate of drug-likeness (QED) is 0.631. The zero-order valence-electron chi connectivity index (χ0n) is 10.8. The Balaban J connectivity index is 2.45. The van der Waals surface area contributed by atoms with Gasteiger partial charge in [0.2, 0.25) is 0 Å². The molecule has 0 fully saturated rings. The summed E-state index contributed by atoms with van der Waals surface area (Å²) in [6.07, 6.45) is 0.367. The number of aldehydes is 1. The van der Waals surface area contributed by atoms with Gasteiger partial charge in [-0.05, 0) is 36.4 Å². The van der Waals surface area contributed by atoms with Crippen molar-refractivity contribution >= 4 is 28.0 Å². The van der Waals surface area contributed by atoms with Gasteiger partial charge >= 0.3 is 10.1 Å². The molecule has 5 nitrogen and oxygen atoms in total. The minimum Gasteiger partial charge on any atom is -0.378 e. The monoisotopic (exact) mass is 339 g/mol. The molecular formula is C14H7ClFNO4S. The number of hydrogen-bond donors (Lipinski definition) is 0. The van der Waals surface area contributed by atoms with Gasteiger partial charge in [-0.15, -0.1) is 0 Å². The summed E-state index contributed by atoms with van der Waals surface area (Å²) in [4.78, 5) is 10.2. The van der Waals surface area contributed by atoms with E-state index in [-0.39, 0.29) is 21.9 Å². The Kier molecular flexibility index (Phi) is 4.45. The normalized spacial score (nSPS) is 10.8. The van der Waals surface area contributed by atoms with Crippen molar-refractivity contribution in [3.05, 3.63) is 58.4 Å². The first-order chi connectivity index (χ1) is 10.4. The maximum Gasteiger partial charge on any atom is 0.342 e. The summed E-state index contributed by atoms with van der Waals surface area (Å²) in [5, 5.41) is 8.86. The third kappa shape index (κ3) is 3.24. The van der Waals surface area contributed by atoms with Crippen LogP contribution in [0.4, 0.5) is 4.39 Å². The van der Waals surface area contributed by atoms with Gasteiger partial charge in [0.1, 0.15) is 10.7 Å². The van der Waals surface area contributed by atoms with Crippen LogP contribution in [0.1, 0.15) is 15.9 Å². The van der Waals surface area contributed by atoms with Crippen molar-refractivity contribution < 1.29 is 21.8 Å². The van der Waals surface area contributed by atoms with Gasteiger partial charge in [-0.25, -0.2) is 4.39 Å². The van der Waals surface area contributed by atoms with Crippen LogP contribution in [0.2, 0.25) is 5.02 Å². The number of benzene rings is 2. The van der Waals surface area contributed by atoms with Crippen LogP contribution < -0.4 is 4.18 Å². The number of nitriles is 1. The van der Waals surface area contributed by atoms with Gasteiger partial charge in [-0.1, -0.05) is 11.6 Å². The van der Waals surface area contributed by atoms with E-state index < -0.39 is 20.8 Å². The van der Waals surface area contributed by atoms with Crippen molar-refractivity contribution in [3.8, 4) is 11.8 Å². The maximum absolute atomic E-state index is 13.8. The average molecular weight is 340 g/mol. The number of nitrogens with zero attached hydrogens (tertiary/aromatic N) is 1. The fraction of sp³-hybridized carbons (Fsp3) is 0. The van der Waals surface area contributed by atoms with Gasteiger partial charge in [-0.2, -0.15) is 13.7 Å². The molecule has 112 valence electrons. The molecule has 2 aromatic carbocycles. The number of carbonyl (C=O) groups excluding carboxylic acids is 1. The summed E-state index contributed by atoms with van der Waals surface area (Å²) in [5.41, 5.74) is -0.123. The largest absolute Gasteiger partial charge is 0.378 e. The Morgan fingerprint density at radius 1 is 1.23 bits per heavy atom. The van der Waals surface area contributed by atoms with E-state index in [0.29, 0.717) is 6.29 Å². The second-order valence-corrected chi connectivity index (χ2v) is 6.05. The highest BCUT2D eigenvalue weighted by atomic mass is 35.5. The molecule has 0 N–H and O–H groups in total. The number of carbonyl (C=O) groups is 1. The molecule has 2 rings (SSSR count). The molecule has 0 bridgehead atoms. The molecular weight excluding hydrogens is 333 g/mol. The van der Waals surface area contributed by atoms with E-state index in [4.69, 9.17) is 21.0 Å². The lowest BCUT2D eigenvalue weighted by Gasteiger charge is -2.09.